The van der Waals surface area contributed by atoms with Gasteiger partial charge in [0.05, 0.1) is 17.2 Å². The van der Waals surface area contributed by atoms with Gasteiger partial charge in [-0.1, -0.05) is 23.2 Å². The fourth-order valence-corrected chi connectivity index (χ4v) is 2.23. The predicted octanol–water partition coefficient (Wildman–Crippen LogP) is 3.15. The number of methoxy groups -OCH3 is 1. The Kier molecular flexibility index (Phi) is 2.99. The number of carbonyl (C=O) groups excluding carboxylic acids is 1. The highest BCUT2D eigenvalue weighted by Crippen LogP contribution is 2.36. The fourth-order valence-electron chi connectivity index (χ4n) is 0.721. The lowest BCUT2D eigenvalue weighted by Crippen LogP contribution is -1.97. The van der Waals surface area contributed by atoms with Gasteiger partial charge in [-0.3, -0.25) is 0 Å². The van der Waals surface area contributed by atoms with E-state index in [0.29, 0.717) is 9.90 Å². The van der Waals surface area contributed by atoms with E-state index < -0.39 is 5.97 Å². The highest BCUT2D eigenvalue weighted by Gasteiger charge is 2.18. The molecule has 0 aliphatic rings. The van der Waals surface area contributed by atoms with E-state index in [2.05, 4.69) is 4.74 Å². The van der Waals surface area contributed by atoms with E-state index in [0.717, 1.165) is 4.88 Å². The lowest BCUT2D eigenvalue weighted by atomic mass is 10.4. The molecule has 12 heavy (non-hydrogen) atoms. The van der Waals surface area contributed by atoms with E-state index in [1.54, 1.807) is 6.92 Å². The van der Waals surface area contributed by atoms with Crippen LogP contribution in [0.2, 0.25) is 10.0 Å². The zero-order valence-corrected chi connectivity index (χ0v) is 8.81. The van der Waals surface area contributed by atoms with Crippen LogP contribution >= 0.6 is 34.5 Å². The quantitative estimate of drug-likeness (QED) is 0.686. The Morgan fingerprint density at radius 3 is 2.33 bits per heavy atom. The van der Waals surface area contributed by atoms with Crippen LogP contribution in [0.5, 0.6) is 0 Å². The van der Waals surface area contributed by atoms with E-state index in [-0.39, 0.29) is 5.02 Å². The second kappa shape index (κ2) is 3.64. The summed E-state index contributed by atoms with van der Waals surface area (Å²) in [6.07, 6.45) is 0. The molecule has 0 saturated heterocycles. The first kappa shape index (κ1) is 9.84. The van der Waals surface area contributed by atoms with Gasteiger partial charge in [-0.25, -0.2) is 4.79 Å². The molecule has 5 heteroatoms. The Hall–Kier alpha value is -0.250. The molecule has 1 heterocycles. The van der Waals surface area contributed by atoms with Crippen LogP contribution in [0.25, 0.3) is 0 Å². The highest BCUT2D eigenvalue weighted by atomic mass is 35.5. The molecule has 0 aliphatic heterocycles. The van der Waals surface area contributed by atoms with E-state index >= 15 is 0 Å². The van der Waals surface area contributed by atoms with Gasteiger partial charge in [0, 0.05) is 4.88 Å². The maximum absolute atomic E-state index is 11.0. The molecule has 0 aliphatic carbocycles. The molecule has 0 saturated carbocycles. The van der Waals surface area contributed by atoms with Gasteiger partial charge >= 0.3 is 5.97 Å². The van der Waals surface area contributed by atoms with Crippen LogP contribution in [0.1, 0.15) is 14.5 Å². The normalized spacial score (nSPS) is 10.0. The van der Waals surface area contributed by atoms with Gasteiger partial charge in [-0.2, -0.15) is 0 Å². The minimum Gasteiger partial charge on any atom is -0.465 e. The number of halogens is 2. The molecule has 66 valence electrons. The summed E-state index contributed by atoms with van der Waals surface area (Å²) in [6, 6.07) is 0. The van der Waals surface area contributed by atoms with Crippen molar-refractivity contribution in [1.29, 1.82) is 0 Å². The Balaban J connectivity index is 3.17. The zero-order valence-electron chi connectivity index (χ0n) is 6.48. The van der Waals surface area contributed by atoms with Crippen molar-refractivity contribution >= 4 is 40.5 Å². The molecule has 0 radical (unpaired) electrons. The maximum atomic E-state index is 11.0. The first-order valence-electron chi connectivity index (χ1n) is 3.10. The lowest BCUT2D eigenvalue weighted by Gasteiger charge is -1.93. The molecule has 0 bridgehead atoms. The summed E-state index contributed by atoms with van der Waals surface area (Å²) < 4.78 is 4.51. The number of esters is 1. The second-order valence-corrected chi connectivity index (χ2v) is 4.09. The molecule has 1 aromatic rings. The summed E-state index contributed by atoms with van der Waals surface area (Å²) in [5, 5.41) is 0.716. The Morgan fingerprint density at radius 1 is 1.42 bits per heavy atom. The third kappa shape index (κ3) is 1.58. The van der Waals surface area contributed by atoms with E-state index in [9.17, 15) is 4.79 Å². The van der Waals surface area contributed by atoms with Gasteiger partial charge < -0.3 is 4.74 Å². The summed E-state index contributed by atoms with van der Waals surface area (Å²) in [5.41, 5.74) is 0. The third-order valence-corrected chi connectivity index (χ3v) is 3.58. The summed E-state index contributed by atoms with van der Waals surface area (Å²) in [6.45, 7) is 1.80. The number of rotatable bonds is 1. The highest BCUT2D eigenvalue weighted by molar-refractivity contribution is 7.15. The molecule has 0 fully saturated rings. The standard InChI is InChI=1S/C7H6Cl2O2S/c1-3-4(8)5(9)6(12-3)7(10)11-2/h1-2H3. The van der Waals surface area contributed by atoms with Gasteiger partial charge in [0.1, 0.15) is 4.88 Å². The van der Waals surface area contributed by atoms with Crippen LogP contribution in [0, 0.1) is 6.92 Å². The molecular formula is C7H6Cl2O2S. The van der Waals surface area contributed by atoms with E-state index in [4.69, 9.17) is 23.2 Å². The van der Waals surface area contributed by atoms with Crippen molar-refractivity contribution in [2.75, 3.05) is 7.11 Å². The van der Waals surface area contributed by atoms with Crippen molar-refractivity contribution in [3.05, 3.63) is 19.8 Å². The maximum Gasteiger partial charge on any atom is 0.349 e. The topological polar surface area (TPSA) is 26.3 Å². The average Bonchev–Trinajstić information content (AvgIpc) is 2.32. The molecular weight excluding hydrogens is 219 g/mol. The van der Waals surface area contributed by atoms with Crippen LogP contribution < -0.4 is 0 Å². The third-order valence-electron chi connectivity index (χ3n) is 1.33. The number of hydrogen-bond donors (Lipinski definition) is 0. The van der Waals surface area contributed by atoms with Crippen LogP contribution in [0.3, 0.4) is 0 Å². The Bertz CT molecular complexity index is 319. The van der Waals surface area contributed by atoms with Crippen molar-refractivity contribution in [3.63, 3.8) is 0 Å². The molecule has 0 atom stereocenters. The van der Waals surface area contributed by atoms with Crippen molar-refractivity contribution < 1.29 is 9.53 Å². The van der Waals surface area contributed by atoms with Crippen molar-refractivity contribution in [2.24, 2.45) is 0 Å². The van der Waals surface area contributed by atoms with Crippen molar-refractivity contribution in [1.82, 2.24) is 0 Å². The number of aryl methyl sites for hydroxylation is 1. The fraction of sp³-hybridized carbons (Fsp3) is 0.286. The van der Waals surface area contributed by atoms with Crippen LogP contribution in [-0.2, 0) is 4.74 Å². The minimum atomic E-state index is -0.444. The van der Waals surface area contributed by atoms with Crippen molar-refractivity contribution in [2.45, 2.75) is 6.92 Å². The molecule has 0 aromatic carbocycles. The molecule has 0 spiro atoms. The van der Waals surface area contributed by atoms with Crippen LogP contribution in [0.4, 0.5) is 0 Å². The zero-order chi connectivity index (χ0) is 9.30. The Labute approximate surface area is 84.0 Å². The largest absolute Gasteiger partial charge is 0.465 e. The SMILES string of the molecule is COC(=O)c1sc(C)c(Cl)c1Cl. The molecule has 2 nitrogen and oxygen atoms in total. The molecule has 0 unspecified atom stereocenters. The van der Waals surface area contributed by atoms with Crippen molar-refractivity contribution in [3.8, 4) is 0 Å². The number of thiophene rings is 1. The molecule has 0 amide bonds. The molecule has 0 N–H and O–H groups in total. The van der Waals surface area contributed by atoms with Gasteiger partial charge in [0.2, 0.25) is 0 Å². The van der Waals surface area contributed by atoms with E-state index in [1.807, 2.05) is 0 Å². The summed E-state index contributed by atoms with van der Waals surface area (Å²) in [4.78, 5) is 12.2. The van der Waals surface area contributed by atoms with Gasteiger partial charge in [0.25, 0.3) is 0 Å². The van der Waals surface area contributed by atoms with Crippen LogP contribution in [0.15, 0.2) is 0 Å². The smallest absolute Gasteiger partial charge is 0.349 e. The number of ether oxygens (including phenoxy) is 1. The van der Waals surface area contributed by atoms with Crippen LogP contribution in [-0.4, -0.2) is 13.1 Å². The minimum absolute atomic E-state index is 0.283. The van der Waals surface area contributed by atoms with Gasteiger partial charge in [-0.15, -0.1) is 11.3 Å². The number of carbonyl (C=O) groups is 1. The van der Waals surface area contributed by atoms with E-state index in [1.165, 1.54) is 18.4 Å². The summed E-state index contributed by atoms with van der Waals surface area (Å²) >= 11 is 12.8. The number of hydrogen-bond acceptors (Lipinski definition) is 3. The van der Waals surface area contributed by atoms with Gasteiger partial charge in [0.15, 0.2) is 0 Å². The summed E-state index contributed by atoms with van der Waals surface area (Å²) in [5.74, 6) is -0.444. The first-order chi connectivity index (χ1) is 5.57. The molecule has 1 aromatic heterocycles. The Morgan fingerprint density at radius 2 is 2.00 bits per heavy atom. The summed E-state index contributed by atoms with van der Waals surface area (Å²) in [7, 11) is 1.31. The second-order valence-electron chi connectivity index (χ2n) is 2.11. The lowest BCUT2D eigenvalue weighted by molar-refractivity contribution is 0.0606. The monoisotopic (exact) mass is 224 g/mol. The first-order valence-corrected chi connectivity index (χ1v) is 4.68. The van der Waals surface area contributed by atoms with Gasteiger partial charge in [-0.05, 0) is 6.92 Å². The predicted molar refractivity (Wildman–Crippen MR) is 50.4 cm³/mol. The molecule has 1 rings (SSSR count). The average molecular weight is 225 g/mol.